The fourth-order valence-corrected chi connectivity index (χ4v) is 2.00. The molecule has 1 atom stereocenters. The highest BCUT2D eigenvalue weighted by Crippen LogP contribution is 2.18. The molecule has 100 valence electrons. The third kappa shape index (κ3) is 4.37. The highest BCUT2D eigenvalue weighted by atomic mass is 16.5. The van der Waals surface area contributed by atoms with Crippen LogP contribution in [0.2, 0.25) is 0 Å². The van der Waals surface area contributed by atoms with E-state index in [9.17, 15) is 0 Å². The molecule has 0 saturated heterocycles. The molecule has 1 aromatic rings. The van der Waals surface area contributed by atoms with E-state index in [1.165, 1.54) is 12.8 Å². The fraction of sp³-hybridized carbons (Fsp3) is 0.643. The van der Waals surface area contributed by atoms with Crippen molar-refractivity contribution in [3.63, 3.8) is 0 Å². The highest BCUT2D eigenvalue weighted by Gasteiger charge is 2.23. The van der Waals surface area contributed by atoms with Crippen molar-refractivity contribution in [3.05, 3.63) is 30.1 Å². The first-order valence-corrected chi connectivity index (χ1v) is 6.62. The van der Waals surface area contributed by atoms with Gasteiger partial charge in [0, 0.05) is 38.5 Å². The topological polar surface area (TPSA) is 37.4 Å². The molecule has 0 bridgehead atoms. The molecule has 1 heterocycles. The molecule has 1 fully saturated rings. The van der Waals surface area contributed by atoms with Gasteiger partial charge < -0.3 is 10.1 Å². The lowest BCUT2D eigenvalue weighted by molar-refractivity contribution is 0.100. The molecular formula is C14H23N3O. The summed E-state index contributed by atoms with van der Waals surface area (Å²) in [6.07, 6.45) is 4.49. The Hall–Kier alpha value is -0.970. The van der Waals surface area contributed by atoms with Crippen LogP contribution in [0, 0.1) is 0 Å². The van der Waals surface area contributed by atoms with Crippen molar-refractivity contribution in [3.8, 4) is 0 Å². The predicted molar refractivity (Wildman–Crippen MR) is 72.4 cm³/mol. The fourth-order valence-electron chi connectivity index (χ4n) is 2.00. The smallest absolute Gasteiger partial charge is 0.0630 e. The number of nitrogens with zero attached hydrogens (tertiary/aromatic N) is 2. The molecule has 18 heavy (non-hydrogen) atoms. The van der Waals surface area contributed by atoms with Crippen LogP contribution in [0.1, 0.15) is 18.5 Å². The lowest BCUT2D eigenvalue weighted by Crippen LogP contribution is -2.43. The van der Waals surface area contributed by atoms with Crippen LogP contribution in [0.25, 0.3) is 0 Å². The molecule has 0 aromatic carbocycles. The van der Waals surface area contributed by atoms with Gasteiger partial charge in [0.25, 0.3) is 0 Å². The average Bonchev–Trinajstić information content (AvgIpc) is 3.19. The molecule has 1 aliphatic carbocycles. The van der Waals surface area contributed by atoms with Gasteiger partial charge in [-0.1, -0.05) is 6.07 Å². The van der Waals surface area contributed by atoms with Crippen molar-refractivity contribution in [2.45, 2.75) is 31.5 Å². The molecule has 0 radical (unpaired) electrons. The summed E-state index contributed by atoms with van der Waals surface area (Å²) in [5.41, 5.74) is 1.10. The van der Waals surface area contributed by atoms with E-state index in [0.717, 1.165) is 31.4 Å². The van der Waals surface area contributed by atoms with Crippen LogP contribution in [-0.2, 0) is 11.3 Å². The van der Waals surface area contributed by atoms with Gasteiger partial charge in [0.15, 0.2) is 0 Å². The first kappa shape index (κ1) is 13.5. The minimum absolute atomic E-state index is 0.401. The van der Waals surface area contributed by atoms with Gasteiger partial charge >= 0.3 is 0 Å². The Morgan fingerprint density at radius 2 is 2.33 bits per heavy atom. The molecule has 0 spiro atoms. The van der Waals surface area contributed by atoms with Crippen molar-refractivity contribution >= 4 is 0 Å². The van der Waals surface area contributed by atoms with Gasteiger partial charge in [-0.15, -0.1) is 0 Å². The number of likely N-dealkylation sites (N-methyl/N-ethyl adjacent to an activating group) is 1. The maximum Gasteiger partial charge on any atom is 0.0630 e. The van der Waals surface area contributed by atoms with Crippen molar-refractivity contribution < 1.29 is 4.74 Å². The molecular weight excluding hydrogens is 226 g/mol. The zero-order valence-electron chi connectivity index (χ0n) is 11.3. The summed E-state index contributed by atoms with van der Waals surface area (Å²) in [5, 5.41) is 3.57. The predicted octanol–water partition coefficient (Wildman–Crippen LogP) is 1.28. The van der Waals surface area contributed by atoms with Crippen LogP contribution in [0.15, 0.2) is 24.4 Å². The van der Waals surface area contributed by atoms with Crippen molar-refractivity contribution in [2.24, 2.45) is 0 Å². The molecule has 0 aliphatic heterocycles. The number of hydrogen-bond donors (Lipinski definition) is 1. The second-order valence-electron chi connectivity index (χ2n) is 5.03. The van der Waals surface area contributed by atoms with E-state index in [-0.39, 0.29) is 0 Å². The van der Waals surface area contributed by atoms with E-state index in [2.05, 4.69) is 28.3 Å². The highest BCUT2D eigenvalue weighted by molar-refractivity contribution is 5.03. The van der Waals surface area contributed by atoms with Crippen LogP contribution >= 0.6 is 0 Å². The normalized spacial score (nSPS) is 17.1. The number of nitrogens with one attached hydrogen (secondary N) is 1. The molecule has 1 aliphatic rings. The number of hydrogen-bond acceptors (Lipinski definition) is 4. The van der Waals surface area contributed by atoms with Gasteiger partial charge in [-0.2, -0.15) is 0 Å². The van der Waals surface area contributed by atoms with Gasteiger partial charge in [0.05, 0.1) is 12.3 Å². The van der Waals surface area contributed by atoms with Crippen LogP contribution < -0.4 is 5.32 Å². The zero-order chi connectivity index (χ0) is 12.8. The van der Waals surface area contributed by atoms with E-state index in [4.69, 9.17) is 4.74 Å². The molecule has 0 amide bonds. The first-order valence-electron chi connectivity index (χ1n) is 6.62. The SMILES string of the molecule is COCC(CNC1CC1)N(C)Cc1ccccn1. The third-order valence-electron chi connectivity index (χ3n) is 3.34. The molecule has 4 heteroatoms. The molecule has 1 N–H and O–H groups in total. The van der Waals surface area contributed by atoms with Gasteiger partial charge in [0.1, 0.15) is 0 Å². The monoisotopic (exact) mass is 249 g/mol. The Morgan fingerprint density at radius 1 is 1.50 bits per heavy atom. The van der Waals surface area contributed by atoms with Crippen molar-refractivity contribution in [1.82, 2.24) is 15.2 Å². The quantitative estimate of drug-likeness (QED) is 0.753. The zero-order valence-corrected chi connectivity index (χ0v) is 11.3. The maximum atomic E-state index is 5.31. The van der Waals surface area contributed by atoms with Gasteiger partial charge in [-0.25, -0.2) is 0 Å². The lowest BCUT2D eigenvalue weighted by atomic mass is 10.2. The van der Waals surface area contributed by atoms with E-state index in [0.29, 0.717) is 6.04 Å². The Kier molecular flexibility index (Phi) is 5.11. The number of aromatic nitrogens is 1. The molecule has 1 unspecified atom stereocenters. The summed E-state index contributed by atoms with van der Waals surface area (Å²) in [5.74, 6) is 0. The largest absolute Gasteiger partial charge is 0.383 e. The van der Waals surface area contributed by atoms with Crippen molar-refractivity contribution in [1.29, 1.82) is 0 Å². The third-order valence-corrected chi connectivity index (χ3v) is 3.34. The minimum atomic E-state index is 0.401. The first-order chi connectivity index (χ1) is 8.79. The lowest BCUT2D eigenvalue weighted by Gasteiger charge is -2.27. The number of ether oxygens (including phenoxy) is 1. The van der Waals surface area contributed by atoms with Gasteiger partial charge in [-0.05, 0) is 32.0 Å². The molecule has 1 aromatic heterocycles. The number of pyridine rings is 1. The van der Waals surface area contributed by atoms with E-state index >= 15 is 0 Å². The second-order valence-corrected chi connectivity index (χ2v) is 5.03. The van der Waals surface area contributed by atoms with E-state index < -0.39 is 0 Å². The Balaban J connectivity index is 1.83. The second kappa shape index (κ2) is 6.83. The summed E-state index contributed by atoms with van der Waals surface area (Å²) in [4.78, 5) is 6.67. The Labute approximate surface area is 109 Å². The van der Waals surface area contributed by atoms with E-state index in [1.54, 1.807) is 7.11 Å². The van der Waals surface area contributed by atoms with Crippen LogP contribution in [0.4, 0.5) is 0 Å². The van der Waals surface area contributed by atoms with Crippen LogP contribution in [0.3, 0.4) is 0 Å². The Bertz CT molecular complexity index is 340. The summed E-state index contributed by atoms with van der Waals surface area (Å²) in [6, 6.07) is 7.19. The average molecular weight is 249 g/mol. The van der Waals surface area contributed by atoms with Gasteiger partial charge in [-0.3, -0.25) is 9.88 Å². The van der Waals surface area contributed by atoms with Crippen molar-refractivity contribution in [2.75, 3.05) is 27.3 Å². The van der Waals surface area contributed by atoms with E-state index in [1.807, 2.05) is 18.3 Å². The maximum absolute atomic E-state index is 5.31. The number of methoxy groups -OCH3 is 1. The number of rotatable bonds is 8. The molecule has 1 saturated carbocycles. The minimum Gasteiger partial charge on any atom is -0.383 e. The summed E-state index contributed by atoms with van der Waals surface area (Å²) < 4.78 is 5.31. The summed E-state index contributed by atoms with van der Waals surface area (Å²) >= 11 is 0. The Morgan fingerprint density at radius 3 is 2.94 bits per heavy atom. The molecule has 4 nitrogen and oxygen atoms in total. The molecule has 2 rings (SSSR count). The standard InChI is InChI=1S/C14H23N3O/c1-17(10-13-5-3-4-8-15-13)14(11-18-2)9-16-12-6-7-12/h3-5,8,12,14,16H,6-7,9-11H2,1-2H3. The summed E-state index contributed by atoms with van der Waals surface area (Å²) in [7, 11) is 3.89. The van der Waals surface area contributed by atoms with Crippen LogP contribution in [0.5, 0.6) is 0 Å². The van der Waals surface area contributed by atoms with Crippen LogP contribution in [-0.4, -0.2) is 49.3 Å². The van der Waals surface area contributed by atoms with Gasteiger partial charge in [0.2, 0.25) is 0 Å². The summed E-state index contributed by atoms with van der Waals surface area (Å²) in [6.45, 7) is 2.60.